The molecule has 0 fully saturated rings. The largest absolute Gasteiger partial charge is 0.497 e. The maximum atomic E-state index is 5.87. The predicted octanol–water partition coefficient (Wildman–Crippen LogP) is 4.60. The molecule has 24 heavy (non-hydrogen) atoms. The van der Waals surface area contributed by atoms with Gasteiger partial charge in [0, 0.05) is 6.54 Å². The fourth-order valence-corrected chi connectivity index (χ4v) is 2.61. The fraction of sp³-hybridized carbons (Fsp3) is 0.105. The van der Waals surface area contributed by atoms with E-state index < -0.39 is 0 Å². The first-order valence-corrected chi connectivity index (χ1v) is 7.93. The summed E-state index contributed by atoms with van der Waals surface area (Å²) in [4.78, 5) is 4.04. The second-order valence-electron chi connectivity index (χ2n) is 5.35. The van der Waals surface area contributed by atoms with Crippen LogP contribution < -0.4 is 15.8 Å². The average Bonchev–Trinajstić information content (AvgIpc) is 2.61. The van der Waals surface area contributed by atoms with Crippen molar-refractivity contribution in [1.29, 1.82) is 0 Å². The number of methoxy groups -OCH3 is 1. The van der Waals surface area contributed by atoms with Crippen LogP contribution in [0.2, 0.25) is 5.15 Å². The molecule has 4 nitrogen and oxygen atoms in total. The summed E-state index contributed by atoms with van der Waals surface area (Å²) in [5, 5.41) is 3.67. The van der Waals surface area contributed by atoms with E-state index in [1.165, 1.54) is 0 Å². The minimum atomic E-state index is 0.387. The lowest BCUT2D eigenvalue weighted by atomic mass is 10.0. The smallest absolute Gasteiger partial charge is 0.148 e. The van der Waals surface area contributed by atoms with E-state index in [9.17, 15) is 0 Å². The van der Waals surface area contributed by atoms with E-state index in [-0.39, 0.29) is 0 Å². The standard InChI is InChI=1S/C19H18ClN3O/c1-24-16-7-3-6-15(11-16)14-5-2-4-13(10-14)12-22-17-8-9-18(20)23-19(17)21/h2-11,22H,12H2,1H3,(H2,21,23). The fourth-order valence-electron chi connectivity index (χ4n) is 2.46. The van der Waals surface area contributed by atoms with Gasteiger partial charge in [0.1, 0.15) is 16.7 Å². The number of halogens is 1. The molecular formula is C19H18ClN3O. The van der Waals surface area contributed by atoms with E-state index in [4.69, 9.17) is 22.1 Å². The van der Waals surface area contributed by atoms with E-state index in [1.807, 2.05) is 30.3 Å². The van der Waals surface area contributed by atoms with Crippen LogP contribution in [0.25, 0.3) is 11.1 Å². The molecule has 0 bridgehead atoms. The maximum Gasteiger partial charge on any atom is 0.148 e. The number of hydrogen-bond donors (Lipinski definition) is 2. The van der Waals surface area contributed by atoms with Crippen LogP contribution in [0.1, 0.15) is 5.56 Å². The zero-order valence-corrected chi connectivity index (χ0v) is 14.0. The molecule has 3 aromatic rings. The number of hydrogen-bond acceptors (Lipinski definition) is 4. The molecule has 0 aliphatic rings. The van der Waals surface area contributed by atoms with Gasteiger partial charge in [0.2, 0.25) is 0 Å². The molecule has 1 aromatic heterocycles. The molecule has 0 aliphatic carbocycles. The molecule has 5 heteroatoms. The normalized spacial score (nSPS) is 10.4. The minimum absolute atomic E-state index is 0.387. The van der Waals surface area contributed by atoms with Crippen LogP contribution in [0, 0.1) is 0 Å². The van der Waals surface area contributed by atoms with Crippen molar-refractivity contribution in [3.63, 3.8) is 0 Å². The molecule has 0 atom stereocenters. The minimum Gasteiger partial charge on any atom is -0.497 e. The lowest BCUT2D eigenvalue weighted by Crippen LogP contribution is -2.04. The van der Waals surface area contributed by atoms with Crippen LogP contribution in [0.3, 0.4) is 0 Å². The summed E-state index contributed by atoms with van der Waals surface area (Å²) >= 11 is 5.82. The van der Waals surface area contributed by atoms with Gasteiger partial charge >= 0.3 is 0 Å². The number of pyridine rings is 1. The SMILES string of the molecule is COc1cccc(-c2cccc(CNc3ccc(Cl)nc3N)c2)c1. The van der Waals surface area contributed by atoms with Crippen molar-refractivity contribution in [3.05, 3.63) is 71.4 Å². The third kappa shape index (κ3) is 3.78. The summed E-state index contributed by atoms with van der Waals surface area (Å²) in [6.07, 6.45) is 0. The highest BCUT2D eigenvalue weighted by Crippen LogP contribution is 2.25. The third-order valence-corrected chi connectivity index (χ3v) is 3.91. The molecule has 0 saturated heterocycles. The van der Waals surface area contributed by atoms with E-state index in [1.54, 1.807) is 13.2 Å². The first-order chi connectivity index (χ1) is 11.7. The van der Waals surface area contributed by atoms with Crippen molar-refractivity contribution in [2.75, 3.05) is 18.2 Å². The van der Waals surface area contributed by atoms with E-state index in [0.29, 0.717) is 17.5 Å². The number of anilines is 2. The molecule has 0 unspecified atom stereocenters. The van der Waals surface area contributed by atoms with Gasteiger partial charge in [0.15, 0.2) is 0 Å². The number of rotatable bonds is 5. The van der Waals surface area contributed by atoms with Crippen LogP contribution in [0.5, 0.6) is 5.75 Å². The molecule has 3 rings (SSSR count). The Bertz CT molecular complexity index is 852. The topological polar surface area (TPSA) is 60.2 Å². The summed E-state index contributed by atoms with van der Waals surface area (Å²) in [6, 6.07) is 19.9. The number of nitrogens with one attached hydrogen (secondary N) is 1. The second kappa shape index (κ2) is 7.23. The highest BCUT2D eigenvalue weighted by molar-refractivity contribution is 6.29. The molecule has 3 N–H and O–H groups in total. The monoisotopic (exact) mass is 339 g/mol. The zero-order valence-electron chi connectivity index (χ0n) is 13.3. The quantitative estimate of drug-likeness (QED) is 0.667. The Hall–Kier alpha value is -2.72. The molecule has 2 aromatic carbocycles. The third-order valence-electron chi connectivity index (χ3n) is 3.70. The van der Waals surface area contributed by atoms with E-state index in [2.05, 4.69) is 34.6 Å². The van der Waals surface area contributed by atoms with Crippen molar-refractivity contribution in [1.82, 2.24) is 4.98 Å². The van der Waals surface area contributed by atoms with E-state index >= 15 is 0 Å². The van der Waals surface area contributed by atoms with Crippen molar-refractivity contribution in [3.8, 4) is 16.9 Å². The van der Waals surface area contributed by atoms with Crippen LogP contribution in [0.15, 0.2) is 60.7 Å². The summed E-state index contributed by atoms with van der Waals surface area (Å²) in [5.41, 5.74) is 10.0. The number of ether oxygens (including phenoxy) is 1. The molecular weight excluding hydrogens is 322 g/mol. The van der Waals surface area contributed by atoms with Gasteiger partial charge in [0.05, 0.1) is 12.8 Å². The summed E-state index contributed by atoms with van der Waals surface area (Å²) < 4.78 is 5.29. The first kappa shape index (κ1) is 16.1. The van der Waals surface area contributed by atoms with Crippen LogP contribution >= 0.6 is 11.6 Å². The maximum absolute atomic E-state index is 5.87. The average molecular weight is 340 g/mol. The number of nitrogens with zero attached hydrogens (tertiary/aromatic N) is 1. The van der Waals surface area contributed by atoms with Crippen molar-refractivity contribution in [2.24, 2.45) is 0 Å². The Morgan fingerprint density at radius 2 is 1.79 bits per heavy atom. The number of aromatic nitrogens is 1. The first-order valence-electron chi connectivity index (χ1n) is 7.55. The lowest BCUT2D eigenvalue weighted by molar-refractivity contribution is 0.415. The summed E-state index contributed by atoms with van der Waals surface area (Å²) in [6.45, 7) is 0.644. The zero-order chi connectivity index (χ0) is 16.9. The van der Waals surface area contributed by atoms with Gasteiger partial charge in [-0.25, -0.2) is 4.98 Å². The highest BCUT2D eigenvalue weighted by atomic mass is 35.5. The Labute approximate surface area is 146 Å². The Morgan fingerprint density at radius 3 is 2.54 bits per heavy atom. The van der Waals surface area contributed by atoms with Crippen molar-refractivity contribution in [2.45, 2.75) is 6.54 Å². The Kier molecular flexibility index (Phi) is 4.87. The van der Waals surface area contributed by atoms with Gasteiger partial charge in [-0.1, -0.05) is 41.9 Å². The molecule has 0 aliphatic heterocycles. The molecule has 1 heterocycles. The molecule has 0 spiro atoms. The molecule has 0 saturated carbocycles. The van der Waals surface area contributed by atoms with Crippen LogP contribution in [0.4, 0.5) is 11.5 Å². The van der Waals surface area contributed by atoms with Crippen molar-refractivity contribution >= 4 is 23.1 Å². The predicted molar refractivity (Wildman–Crippen MR) is 99.4 cm³/mol. The van der Waals surface area contributed by atoms with Crippen molar-refractivity contribution < 1.29 is 4.74 Å². The lowest BCUT2D eigenvalue weighted by Gasteiger charge is -2.10. The number of benzene rings is 2. The van der Waals surface area contributed by atoms with Gasteiger partial charge in [-0.2, -0.15) is 0 Å². The van der Waals surface area contributed by atoms with Gasteiger partial charge in [-0.3, -0.25) is 0 Å². The van der Waals surface area contributed by atoms with E-state index in [0.717, 1.165) is 28.1 Å². The Balaban J connectivity index is 1.77. The van der Waals surface area contributed by atoms with Gasteiger partial charge < -0.3 is 15.8 Å². The van der Waals surface area contributed by atoms with Gasteiger partial charge in [0.25, 0.3) is 0 Å². The molecule has 0 radical (unpaired) electrons. The second-order valence-corrected chi connectivity index (χ2v) is 5.74. The van der Waals surface area contributed by atoms with Gasteiger partial charge in [-0.15, -0.1) is 0 Å². The van der Waals surface area contributed by atoms with Crippen LogP contribution in [-0.4, -0.2) is 12.1 Å². The summed E-state index contributed by atoms with van der Waals surface area (Å²) in [5.74, 6) is 1.24. The highest BCUT2D eigenvalue weighted by Gasteiger charge is 2.04. The summed E-state index contributed by atoms with van der Waals surface area (Å²) in [7, 11) is 1.67. The molecule has 122 valence electrons. The Morgan fingerprint density at radius 1 is 1.04 bits per heavy atom. The van der Waals surface area contributed by atoms with Gasteiger partial charge in [-0.05, 0) is 47.0 Å². The molecule has 0 amide bonds. The number of nitrogens with two attached hydrogens (primary N) is 1. The van der Waals surface area contributed by atoms with Crippen LogP contribution in [-0.2, 0) is 6.54 Å². The number of nitrogen functional groups attached to an aromatic ring is 1.